The molecular weight excluding hydrogens is 261 g/mol. The Hall–Kier alpha value is -1.95. The van der Waals surface area contributed by atoms with Crippen molar-refractivity contribution in [3.8, 4) is 5.75 Å². The summed E-state index contributed by atoms with van der Waals surface area (Å²) >= 11 is 0. The molecule has 0 spiro atoms. The Morgan fingerprint density at radius 1 is 1.35 bits per heavy atom. The summed E-state index contributed by atoms with van der Waals surface area (Å²) in [4.78, 5) is 4.12. The summed E-state index contributed by atoms with van der Waals surface area (Å²) in [7, 11) is 0. The number of aliphatic hydroxyl groups excluding tert-OH is 1. The lowest BCUT2D eigenvalue weighted by atomic mass is 10.1. The van der Waals surface area contributed by atoms with Gasteiger partial charge in [-0.3, -0.25) is 0 Å². The van der Waals surface area contributed by atoms with Crippen molar-refractivity contribution in [1.29, 1.82) is 0 Å². The van der Waals surface area contributed by atoms with Gasteiger partial charge in [0.05, 0.1) is 6.10 Å². The van der Waals surface area contributed by atoms with Gasteiger partial charge in [-0.15, -0.1) is 0 Å². The van der Waals surface area contributed by atoms with Gasteiger partial charge in [-0.05, 0) is 32.9 Å². The van der Waals surface area contributed by atoms with Crippen molar-refractivity contribution in [2.75, 3.05) is 0 Å². The predicted octanol–water partition coefficient (Wildman–Crippen LogP) is 2.63. The van der Waals surface area contributed by atoms with Crippen LogP contribution < -0.4 is 4.74 Å². The van der Waals surface area contributed by atoms with Gasteiger partial charge < -0.3 is 9.84 Å². The van der Waals surface area contributed by atoms with Crippen molar-refractivity contribution in [3.63, 3.8) is 0 Å². The molecule has 0 aliphatic heterocycles. The largest absolute Gasteiger partial charge is 0.485 e. The van der Waals surface area contributed by atoms with E-state index in [1.807, 2.05) is 13.8 Å². The summed E-state index contributed by atoms with van der Waals surface area (Å²) in [5.41, 5.74) is 0.544. The Labute approximate surface area is 117 Å². The van der Waals surface area contributed by atoms with Gasteiger partial charge in [0, 0.05) is 17.7 Å². The van der Waals surface area contributed by atoms with Gasteiger partial charge in [-0.25, -0.2) is 14.1 Å². The zero-order valence-electron chi connectivity index (χ0n) is 11.7. The molecule has 1 N–H and O–H groups in total. The van der Waals surface area contributed by atoms with Gasteiger partial charge in [0.15, 0.2) is 5.82 Å². The van der Waals surface area contributed by atoms with E-state index >= 15 is 0 Å². The molecule has 1 atom stereocenters. The van der Waals surface area contributed by atoms with Gasteiger partial charge in [0.2, 0.25) is 0 Å². The number of aromatic nitrogens is 3. The Morgan fingerprint density at radius 2 is 2.10 bits per heavy atom. The van der Waals surface area contributed by atoms with Gasteiger partial charge in [0.25, 0.3) is 0 Å². The Morgan fingerprint density at radius 3 is 2.75 bits per heavy atom. The molecule has 2 aromatic rings. The average molecular weight is 279 g/mol. The van der Waals surface area contributed by atoms with E-state index in [0.29, 0.717) is 17.1 Å². The summed E-state index contributed by atoms with van der Waals surface area (Å²) < 4.78 is 20.6. The summed E-state index contributed by atoms with van der Waals surface area (Å²) in [6.45, 7) is 5.75. The highest BCUT2D eigenvalue weighted by Gasteiger charge is 2.13. The number of hydrogen-bond acceptors (Lipinski definition) is 4. The molecule has 1 aromatic heterocycles. The van der Waals surface area contributed by atoms with E-state index in [9.17, 15) is 9.50 Å². The number of benzene rings is 1. The smallest absolute Gasteiger partial charge is 0.165 e. The third-order valence-electron chi connectivity index (χ3n) is 2.92. The van der Waals surface area contributed by atoms with Crippen LogP contribution in [0.4, 0.5) is 4.39 Å². The highest BCUT2D eigenvalue weighted by atomic mass is 19.1. The van der Waals surface area contributed by atoms with Crippen LogP contribution in [0.2, 0.25) is 0 Å². The van der Waals surface area contributed by atoms with E-state index in [0.717, 1.165) is 0 Å². The topological polar surface area (TPSA) is 60.2 Å². The van der Waals surface area contributed by atoms with Crippen LogP contribution in [-0.2, 0) is 6.61 Å². The lowest BCUT2D eigenvalue weighted by Crippen LogP contribution is -2.11. The Balaban J connectivity index is 2.18. The second-order valence-electron chi connectivity index (χ2n) is 4.86. The van der Waals surface area contributed by atoms with Gasteiger partial charge in [-0.1, -0.05) is 0 Å². The highest BCUT2D eigenvalue weighted by molar-refractivity contribution is 5.35. The first-order valence-electron chi connectivity index (χ1n) is 6.47. The van der Waals surface area contributed by atoms with E-state index in [1.165, 1.54) is 24.5 Å². The fourth-order valence-electron chi connectivity index (χ4n) is 1.93. The molecule has 0 radical (unpaired) electrons. The lowest BCUT2D eigenvalue weighted by Gasteiger charge is -2.14. The Bertz CT molecular complexity index is 582. The molecule has 108 valence electrons. The second kappa shape index (κ2) is 6.00. The zero-order chi connectivity index (χ0) is 14.7. The van der Waals surface area contributed by atoms with Crippen molar-refractivity contribution in [2.45, 2.75) is 39.5 Å². The molecule has 0 fully saturated rings. The van der Waals surface area contributed by atoms with Crippen molar-refractivity contribution in [2.24, 2.45) is 0 Å². The van der Waals surface area contributed by atoms with Crippen molar-refractivity contribution in [3.05, 3.63) is 41.7 Å². The van der Waals surface area contributed by atoms with E-state index in [2.05, 4.69) is 10.1 Å². The van der Waals surface area contributed by atoms with Crippen LogP contribution in [0.15, 0.2) is 24.5 Å². The van der Waals surface area contributed by atoms with E-state index in [-0.39, 0.29) is 12.6 Å². The minimum atomic E-state index is -0.728. The summed E-state index contributed by atoms with van der Waals surface area (Å²) in [5, 5.41) is 13.8. The molecule has 20 heavy (non-hydrogen) atoms. The molecule has 0 saturated heterocycles. The highest BCUT2D eigenvalue weighted by Crippen LogP contribution is 2.26. The molecule has 0 saturated carbocycles. The molecule has 2 rings (SSSR count). The zero-order valence-corrected chi connectivity index (χ0v) is 11.7. The Kier molecular flexibility index (Phi) is 4.34. The monoisotopic (exact) mass is 279 g/mol. The SMILES string of the molecule is CC(C)n1ncnc1COc1cc(F)ccc1[C@H](C)O. The first-order valence-corrected chi connectivity index (χ1v) is 6.47. The molecule has 0 aliphatic rings. The number of halogens is 1. The number of aliphatic hydroxyl groups is 1. The van der Waals surface area contributed by atoms with Gasteiger partial charge >= 0.3 is 0 Å². The fraction of sp³-hybridized carbons (Fsp3) is 0.429. The minimum absolute atomic E-state index is 0.167. The molecule has 5 nitrogen and oxygen atoms in total. The summed E-state index contributed by atoms with van der Waals surface area (Å²) in [5.74, 6) is 0.564. The number of ether oxygens (including phenoxy) is 1. The molecule has 0 unspecified atom stereocenters. The normalized spacial score (nSPS) is 12.7. The molecule has 0 aliphatic carbocycles. The van der Waals surface area contributed by atoms with E-state index in [4.69, 9.17) is 4.74 Å². The van der Waals surface area contributed by atoms with Crippen LogP contribution in [0.25, 0.3) is 0 Å². The summed E-state index contributed by atoms with van der Waals surface area (Å²) in [6.07, 6.45) is 0.730. The first kappa shape index (κ1) is 14.5. The van der Waals surface area contributed by atoms with Crippen molar-refractivity contribution in [1.82, 2.24) is 14.8 Å². The number of hydrogen-bond donors (Lipinski definition) is 1. The van der Waals surface area contributed by atoms with E-state index in [1.54, 1.807) is 11.6 Å². The maximum Gasteiger partial charge on any atom is 0.165 e. The average Bonchev–Trinajstić information content (AvgIpc) is 2.84. The quantitative estimate of drug-likeness (QED) is 0.914. The van der Waals surface area contributed by atoms with Crippen LogP contribution in [0, 0.1) is 5.82 Å². The molecule has 0 amide bonds. The molecule has 6 heteroatoms. The maximum atomic E-state index is 13.3. The molecular formula is C14H18FN3O2. The third kappa shape index (κ3) is 3.14. The van der Waals surface area contributed by atoms with E-state index < -0.39 is 11.9 Å². The third-order valence-corrected chi connectivity index (χ3v) is 2.92. The van der Waals surface area contributed by atoms with Crippen molar-refractivity contribution >= 4 is 0 Å². The van der Waals surface area contributed by atoms with Gasteiger partial charge in [-0.2, -0.15) is 5.10 Å². The molecule has 1 aromatic carbocycles. The minimum Gasteiger partial charge on any atom is -0.485 e. The van der Waals surface area contributed by atoms with Crippen LogP contribution in [-0.4, -0.2) is 19.9 Å². The molecule has 1 heterocycles. The number of nitrogens with zero attached hydrogens (tertiary/aromatic N) is 3. The maximum absolute atomic E-state index is 13.3. The lowest BCUT2D eigenvalue weighted by molar-refractivity contribution is 0.188. The fourth-order valence-corrected chi connectivity index (χ4v) is 1.93. The number of rotatable bonds is 5. The summed E-state index contributed by atoms with van der Waals surface area (Å²) in [6, 6.07) is 4.24. The van der Waals surface area contributed by atoms with Gasteiger partial charge in [0.1, 0.15) is 24.5 Å². The second-order valence-corrected chi connectivity index (χ2v) is 4.86. The van der Waals surface area contributed by atoms with Crippen LogP contribution in [0.1, 0.15) is 44.3 Å². The van der Waals surface area contributed by atoms with Crippen LogP contribution in [0.5, 0.6) is 5.75 Å². The van der Waals surface area contributed by atoms with Crippen LogP contribution >= 0.6 is 0 Å². The standard InChI is InChI=1S/C14H18FN3O2/c1-9(2)18-14(16-8-17-18)7-20-13-6-11(15)4-5-12(13)10(3)19/h4-6,8-10,19H,7H2,1-3H3/t10-/m0/s1. The first-order chi connectivity index (χ1) is 9.49. The predicted molar refractivity (Wildman–Crippen MR) is 71.8 cm³/mol. The van der Waals surface area contributed by atoms with Crippen molar-refractivity contribution < 1.29 is 14.2 Å². The van der Waals surface area contributed by atoms with Crippen LogP contribution in [0.3, 0.4) is 0 Å². The molecule has 0 bridgehead atoms.